The molecule has 0 aliphatic heterocycles. The minimum atomic E-state index is -0.0738. The maximum absolute atomic E-state index is 12.4. The summed E-state index contributed by atoms with van der Waals surface area (Å²) in [7, 11) is 3.43. The summed E-state index contributed by atoms with van der Waals surface area (Å²) in [5, 5.41) is 2.91. The van der Waals surface area contributed by atoms with Crippen molar-refractivity contribution in [3.8, 4) is 0 Å². The highest BCUT2D eigenvalue weighted by molar-refractivity contribution is 5.97. The van der Waals surface area contributed by atoms with Crippen molar-refractivity contribution in [2.45, 2.75) is 46.1 Å². The van der Waals surface area contributed by atoms with Crippen molar-refractivity contribution in [3.63, 3.8) is 0 Å². The van der Waals surface area contributed by atoms with Crippen LogP contribution in [0.1, 0.15) is 50.4 Å². The van der Waals surface area contributed by atoms with Gasteiger partial charge in [0.05, 0.1) is 6.54 Å². The Morgan fingerprint density at radius 1 is 1.21 bits per heavy atom. The fourth-order valence-electron chi connectivity index (χ4n) is 2.45. The summed E-state index contributed by atoms with van der Waals surface area (Å²) in [6, 6.07) is 7.45. The van der Waals surface area contributed by atoms with Crippen LogP contribution in [0, 0.1) is 0 Å². The summed E-state index contributed by atoms with van der Waals surface area (Å²) in [6.45, 7) is 7.75. The summed E-state index contributed by atoms with van der Waals surface area (Å²) in [4.78, 5) is 28.1. The number of amides is 2. The number of hydrogen-bond acceptors (Lipinski definition) is 3. The summed E-state index contributed by atoms with van der Waals surface area (Å²) in [5.74, 6) is -0.115. The lowest BCUT2D eigenvalue weighted by Crippen LogP contribution is -2.39. The zero-order valence-electron chi connectivity index (χ0n) is 15.6. The van der Waals surface area contributed by atoms with Crippen molar-refractivity contribution >= 4 is 17.5 Å². The first kappa shape index (κ1) is 20.2. The molecule has 0 radical (unpaired) electrons. The molecule has 0 spiro atoms. The van der Waals surface area contributed by atoms with Crippen molar-refractivity contribution in [2.75, 3.05) is 32.5 Å². The second-order valence-electron chi connectivity index (χ2n) is 6.41. The fourth-order valence-corrected chi connectivity index (χ4v) is 2.45. The summed E-state index contributed by atoms with van der Waals surface area (Å²) < 4.78 is 0. The summed E-state index contributed by atoms with van der Waals surface area (Å²) in [5.41, 5.74) is 1.23. The van der Waals surface area contributed by atoms with Crippen molar-refractivity contribution in [1.82, 2.24) is 9.80 Å². The average molecular weight is 333 g/mol. The van der Waals surface area contributed by atoms with Crippen molar-refractivity contribution in [2.24, 2.45) is 0 Å². The maximum Gasteiger partial charge on any atom is 0.253 e. The molecule has 0 bridgehead atoms. The third kappa shape index (κ3) is 6.32. The Kier molecular flexibility index (Phi) is 8.47. The topological polar surface area (TPSA) is 52.7 Å². The van der Waals surface area contributed by atoms with Crippen LogP contribution in [-0.4, -0.2) is 54.8 Å². The van der Waals surface area contributed by atoms with Crippen molar-refractivity contribution in [3.05, 3.63) is 29.8 Å². The Bertz CT molecular complexity index is 543. The quantitative estimate of drug-likeness (QED) is 0.755. The number of unbranched alkanes of at least 4 members (excludes halogenated alkanes) is 1. The first-order chi connectivity index (χ1) is 11.4. The van der Waals surface area contributed by atoms with E-state index in [1.54, 1.807) is 32.3 Å². The summed E-state index contributed by atoms with van der Waals surface area (Å²) in [6.07, 6.45) is 3.22. The van der Waals surface area contributed by atoms with E-state index in [4.69, 9.17) is 0 Å². The van der Waals surface area contributed by atoms with Gasteiger partial charge in [0, 0.05) is 31.4 Å². The predicted molar refractivity (Wildman–Crippen MR) is 99.3 cm³/mol. The molecule has 1 atom stereocenters. The van der Waals surface area contributed by atoms with Gasteiger partial charge in [0.15, 0.2) is 0 Å². The molecule has 1 N–H and O–H groups in total. The van der Waals surface area contributed by atoms with Crippen LogP contribution in [0.4, 0.5) is 5.69 Å². The van der Waals surface area contributed by atoms with Crippen LogP contribution in [0.25, 0.3) is 0 Å². The number of benzene rings is 1. The molecule has 0 saturated carbocycles. The molecule has 2 amide bonds. The molecule has 0 unspecified atom stereocenters. The van der Waals surface area contributed by atoms with E-state index >= 15 is 0 Å². The van der Waals surface area contributed by atoms with Crippen molar-refractivity contribution in [1.29, 1.82) is 0 Å². The van der Waals surface area contributed by atoms with Gasteiger partial charge in [0.25, 0.3) is 5.91 Å². The van der Waals surface area contributed by atoms with Crippen molar-refractivity contribution < 1.29 is 9.59 Å². The number of nitrogens with one attached hydrogen (secondary N) is 1. The number of hydrogen-bond donors (Lipinski definition) is 1. The Morgan fingerprint density at radius 3 is 2.50 bits per heavy atom. The molecular formula is C19H31N3O2. The first-order valence-corrected chi connectivity index (χ1v) is 8.74. The van der Waals surface area contributed by atoms with Gasteiger partial charge in [-0.25, -0.2) is 0 Å². The molecule has 0 heterocycles. The highest BCUT2D eigenvalue weighted by Crippen LogP contribution is 2.13. The molecule has 1 rings (SSSR count). The van der Waals surface area contributed by atoms with E-state index in [0.29, 0.717) is 23.8 Å². The smallest absolute Gasteiger partial charge is 0.253 e. The Hall–Kier alpha value is -1.88. The van der Waals surface area contributed by atoms with Gasteiger partial charge in [-0.3, -0.25) is 14.5 Å². The third-order valence-electron chi connectivity index (χ3n) is 4.16. The molecule has 24 heavy (non-hydrogen) atoms. The lowest BCUT2D eigenvalue weighted by atomic mass is 10.1. The molecular weight excluding hydrogens is 302 g/mol. The lowest BCUT2D eigenvalue weighted by molar-refractivity contribution is -0.117. The number of carbonyl (C=O) groups excluding carboxylic acids is 2. The Morgan fingerprint density at radius 2 is 1.92 bits per heavy atom. The number of nitrogens with zero attached hydrogens (tertiary/aromatic N) is 2. The van der Waals surface area contributed by atoms with Gasteiger partial charge in [-0.1, -0.05) is 26.3 Å². The molecule has 1 aromatic rings. The van der Waals surface area contributed by atoms with Crippen LogP contribution in [0.5, 0.6) is 0 Å². The largest absolute Gasteiger partial charge is 0.345 e. The van der Waals surface area contributed by atoms with E-state index in [1.807, 2.05) is 6.07 Å². The van der Waals surface area contributed by atoms with Crippen LogP contribution in [0.3, 0.4) is 0 Å². The second kappa shape index (κ2) is 10.1. The van der Waals surface area contributed by atoms with E-state index < -0.39 is 0 Å². The molecule has 5 nitrogen and oxygen atoms in total. The summed E-state index contributed by atoms with van der Waals surface area (Å²) >= 11 is 0. The molecule has 0 fully saturated rings. The predicted octanol–water partition coefficient (Wildman–Crippen LogP) is 3.23. The van der Waals surface area contributed by atoms with Crippen LogP contribution < -0.4 is 5.32 Å². The van der Waals surface area contributed by atoms with Gasteiger partial charge in [-0.05, 0) is 44.5 Å². The molecule has 0 aromatic heterocycles. The SMILES string of the molecule is CCCCN(CC(=O)Nc1cccc(C(=O)N(C)C)c1)[C@@H](C)CC. The molecule has 134 valence electrons. The number of anilines is 1. The third-order valence-corrected chi connectivity index (χ3v) is 4.16. The minimum Gasteiger partial charge on any atom is -0.345 e. The molecule has 5 heteroatoms. The maximum atomic E-state index is 12.4. The van der Waals surface area contributed by atoms with Crippen LogP contribution in [0.2, 0.25) is 0 Å². The van der Waals surface area contributed by atoms with Gasteiger partial charge in [-0.2, -0.15) is 0 Å². The Balaban J connectivity index is 2.72. The fraction of sp³-hybridized carbons (Fsp3) is 0.579. The Labute approximate surface area is 146 Å². The van der Waals surface area contributed by atoms with Gasteiger partial charge in [-0.15, -0.1) is 0 Å². The zero-order chi connectivity index (χ0) is 18.1. The zero-order valence-corrected chi connectivity index (χ0v) is 15.6. The first-order valence-electron chi connectivity index (χ1n) is 8.74. The van der Waals surface area contributed by atoms with Gasteiger partial charge in [0.2, 0.25) is 5.91 Å². The normalized spacial score (nSPS) is 12.1. The van der Waals surface area contributed by atoms with E-state index in [1.165, 1.54) is 4.90 Å². The highest BCUT2D eigenvalue weighted by Gasteiger charge is 2.16. The van der Waals surface area contributed by atoms with Crippen LogP contribution in [-0.2, 0) is 4.79 Å². The van der Waals surface area contributed by atoms with E-state index in [-0.39, 0.29) is 11.8 Å². The number of rotatable bonds is 9. The van der Waals surface area contributed by atoms with E-state index in [9.17, 15) is 9.59 Å². The molecule has 0 aliphatic rings. The molecule has 1 aromatic carbocycles. The van der Waals surface area contributed by atoms with E-state index in [2.05, 4.69) is 31.0 Å². The van der Waals surface area contributed by atoms with Gasteiger partial charge < -0.3 is 10.2 Å². The lowest BCUT2D eigenvalue weighted by Gasteiger charge is -2.27. The van der Waals surface area contributed by atoms with E-state index in [0.717, 1.165) is 25.8 Å². The monoisotopic (exact) mass is 333 g/mol. The number of carbonyl (C=O) groups is 2. The second-order valence-corrected chi connectivity index (χ2v) is 6.41. The molecule has 0 aliphatic carbocycles. The van der Waals surface area contributed by atoms with Gasteiger partial charge in [0.1, 0.15) is 0 Å². The average Bonchev–Trinajstić information content (AvgIpc) is 2.57. The molecule has 0 saturated heterocycles. The minimum absolute atomic E-state index is 0.0409. The van der Waals surface area contributed by atoms with Crippen LogP contribution >= 0.6 is 0 Å². The van der Waals surface area contributed by atoms with Crippen LogP contribution in [0.15, 0.2) is 24.3 Å². The van der Waals surface area contributed by atoms with Gasteiger partial charge >= 0.3 is 0 Å². The highest BCUT2D eigenvalue weighted by atomic mass is 16.2. The standard InChI is InChI=1S/C19H31N3O2/c1-6-8-12-22(15(3)7-2)14-18(23)20-17-11-9-10-16(13-17)19(24)21(4)5/h9-11,13,15H,6-8,12,14H2,1-5H3,(H,20,23)/t15-/m0/s1.